The van der Waals surface area contributed by atoms with Crippen LogP contribution in [-0.4, -0.2) is 17.1 Å². The molecule has 1 aliphatic rings. The molecule has 1 aromatic heterocycles. The van der Waals surface area contributed by atoms with Crippen molar-refractivity contribution in [2.45, 2.75) is 44.7 Å². The highest BCUT2D eigenvalue weighted by Crippen LogP contribution is 2.23. The zero-order chi connectivity index (χ0) is 11.5. The van der Waals surface area contributed by atoms with Crippen molar-refractivity contribution in [1.29, 1.82) is 0 Å². The van der Waals surface area contributed by atoms with Gasteiger partial charge < -0.3 is 11.1 Å². The summed E-state index contributed by atoms with van der Waals surface area (Å²) in [6.07, 6.45) is 6.38. The summed E-state index contributed by atoms with van der Waals surface area (Å²) in [6, 6.07) is 3.02. The van der Waals surface area contributed by atoms with Crippen LogP contribution >= 0.6 is 15.9 Å². The van der Waals surface area contributed by atoms with Crippen molar-refractivity contribution < 1.29 is 0 Å². The SMILES string of the molecule is Cc1cc(Br)cnc1NC1CCC(N)CC1. The Kier molecular flexibility index (Phi) is 3.82. The van der Waals surface area contributed by atoms with E-state index in [1.165, 1.54) is 5.56 Å². The second kappa shape index (κ2) is 5.15. The Bertz CT molecular complexity index is 359. The lowest BCUT2D eigenvalue weighted by Gasteiger charge is -2.27. The number of nitrogens with two attached hydrogens (primary N) is 1. The highest BCUT2D eigenvalue weighted by atomic mass is 79.9. The molecule has 0 spiro atoms. The molecule has 1 aliphatic carbocycles. The predicted molar refractivity (Wildman–Crippen MR) is 70.5 cm³/mol. The van der Waals surface area contributed by atoms with Crippen LogP contribution in [-0.2, 0) is 0 Å². The van der Waals surface area contributed by atoms with Crippen molar-refractivity contribution in [3.8, 4) is 0 Å². The normalized spacial score (nSPS) is 25.4. The van der Waals surface area contributed by atoms with E-state index in [-0.39, 0.29) is 0 Å². The van der Waals surface area contributed by atoms with Crippen molar-refractivity contribution in [2.75, 3.05) is 5.32 Å². The molecule has 1 fully saturated rings. The van der Waals surface area contributed by atoms with E-state index in [4.69, 9.17) is 5.73 Å². The monoisotopic (exact) mass is 283 g/mol. The maximum atomic E-state index is 5.89. The summed E-state index contributed by atoms with van der Waals surface area (Å²) in [5.74, 6) is 1.00. The minimum Gasteiger partial charge on any atom is -0.367 e. The molecule has 16 heavy (non-hydrogen) atoms. The molecule has 1 saturated carbocycles. The molecule has 3 nitrogen and oxygen atoms in total. The highest BCUT2D eigenvalue weighted by Gasteiger charge is 2.18. The number of halogens is 1. The number of rotatable bonds is 2. The van der Waals surface area contributed by atoms with E-state index in [1.54, 1.807) is 0 Å². The van der Waals surface area contributed by atoms with E-state index < -0.39 is 0 Å². The van der Waals surface area contributed by atoms with Gasteiger partial charge in [0.2, 0.25) is 0 Å². The third kappa shape index (κ3) is 2.95. The van der Waals surface area contributed by atoms with Crippen LogP contribution in [0.2, 0.25) is 0 Å². The van der Waals surface area contributed by atoms with Crippen molar-refractivity contribution in [1.82, 2.24) is 4.98 Å². The topological polar surface area (TPSA) is 50.9 Å². The van der Waals surface area contributed by atoms with Gasteiger partial charge in [0.1, 0.15) is 5.82 Å². The lowest BCUT2D eigenvalue weighted by atomic mass is 9.92. The zero-order valence-electron chi connectivity index (χ0n) is 9.54. The molecule has 0 aliphatic heterocycles. The van der Waals surface area contributed by atoms with Gasteiger partial charge in [0, 0.05) is 22.8 Å². The fourth-order valence-corrected chi connectivity index (χ4v) is 2.59. The predicted octanol–water partition coefficient (Wildman–Crippen LogP) is 2.83. The molecule has 1 aromatic rings. The summed E-state index contributed by atoms with van der Waals surface area (Å²) in [7, 11) is 0. The molecule has 1 heterocycles. The fourth-order valence-electron chi connectivity index (χ4n) is 2.15. The first-order valence-electron chi connectivity index (χ1n) is 5.79. The standard InChI is InChI=1S/C12H18BrN3/c1-8-6-9(13)7-15-12(8)16-11-4-2-10(14)3-5-11/h6-7,10-11H,2-5,14H2,1H3,(H,15,16). The van der Waals surface area contributed by atoms with E-state index in [2.05, 4.69) is 39.2 Å². The van der Waals surface area contributed by atoms with Crippen LogP contribution < -0.4 is 11.1 Å². The first kappa shape index (κ1) is 11.9. The molecule has 0 unspecified atom stereocenters. The van der Waals surface area contributed by atoms with Gasteiger partial charge in [-0.05, 0) is 60.2 Å². The van der Waals surface area contributed by atoms with E-state index in [0.717, 1.165) is 36.0 Å². The van der Waals surface area contributed by atoms with Gasteiger partial charge in [-0.25, -0.2) is 4.98 Å². The van der Waals surface area contributed by atoms with Crippen molar-refractivity contribution >= 4 is 21.7 Å². The summed E-state index contributed by atoms with van der Waals surface area (Å²) in [6.45, 7) is 2.08. The Morgan fingerprint density at radius 3 is 2.69 bits per heavy atom. The van der Waals surface area contributed by atoms with Gasteiger partial charge in [0.05, 0.1) is 0 Å². The van der Waals surface area contributed by atoms with Crippen LogP contribution in [0.3, 0.4) is 0 Å². The minimum atomic E-state index is 0.400. The molecular formula is C12H18BrN3. The van der Waals surface area contributed by atoms with E-state index >= 15 is 0 Å². The Balaban J connectivity index is 1.98. The van der Waals surface area contributed by atoms with Crippen LogP contribution in [0.4, 0.5) is 5.82 Å². The molecule has 0 atom stereocenters. The fraction of sp³-hybridized carbons (Fsp3) is 0.583. The van der Waals surface area contributed by atoms with E-state index in [9.17, 15) is 0 Å². The molecule has 0 amide bonds. The number of nitrogens with zero attached hydrogens (tertiary/aromatic N) is 1. The van der Waals surface area contributed by atoms with Crippen LogP contribution in [0.5, 0.6) is 0 Å². The summed E-state index contributed by atoms with van der Waals surface area (Å²) < 4.78 is 1.03. The summed E-state index contributed by atoms with van der Waals surface area (Å²) in [5, 5.41) is 3.51. The van der Waals surface area contributed by atoms with E-state index in [1.807, 2.05) is 6.20 Å². The second-order valence-electron chi connectivity index (χ2n) is 4.58. The highest BCUT2D eigenvalue weighted by molar-refractivity contribution is 9.10. The molecule has 4 heteroatoms. The van der Waals surface area contributed by atoms with Gasteiger partial charge in [-0.1, -0.05) is 0 Å². The number of aryl methyl sites for hydroxylation is 1. The molecule has 2 rings (SSSR count). The summed E-state index contributed by atoms with van der Waals surface area (Å²) in [5.41, 5.74) is 7.07. The van der Waals surface area contributed by atoms with Crippen molar-refractivity contribution in [3.63, 3.8) is 0 Å². The largest absolute Gasteiger partial charge is 0.367 e. The van der Waals surface area contributed by atoms with Gasteiger partial charge in [0.25, 0.3) is 0 Å². The smallest absolute Gasteiger partial charge is 0.129 e. The zero-order valence-corrected chi connectivity index (χ0v) is 11.1. The minimum absolute atomic E-state index is 0.400. The third-order valence-electron chi connectivity index (χ3n) is 3.16. The van der Waals surface area contributed by atoms with Gasteiger partial charge >= 0.3 is 0 Å². The molecular weight excluding hydrogens is 266 g/mol. The number of nitrogens with one attached hydrogen (secondary N) is 1. The Morgan fingerprint density at radius 1 is 1.38 bits per heavy atom. The molecule has 0 saturated heterocycles. The molecule has 3 N–H and O–H groups in total. The average molecular weight is 284 g/mol. The lowest BCUT2D eigenvalue weighted by Crippen LogP contribution is -2.33. The number of anilines is 1. The van der Waals surface area contributed by atoms with Crippen LogP contribution in [0.25, 0.3) is 0 Å². The third-order valence-corrected chi connectivity index (χ3v) is 3.59. The Hall–Kier alpha value is -0.610. The summed E-state index contributed by atoms with van der Waals surface area (Å²) in [4.78, 5) is 4.40. The van der Waals surface area contributed by atoms with Crippen molar-refractivity contribution in [2.24, 2.45) is 5.73 Å². The quantitative estimate of drug-likeness (QED) is 0.878. The number of pyridine rings is 1. The number of hydrogen-bond donors (Lipinski definition) is 2. The maximum Gasteiger partial charge on any atom is 0.129 e. The van der Waals surface area contributed by atoms with Crippen LogP contribution in [0.1, 0.15) is 31.2 Å². The van der Waals surface area contributed by atoms with Gasteiger partial charge in [0.15, 0.2) is 0 Å². The van der Waals surface area contributed by atoms with Gasteiger partial charge in [-0.2, -0.15) is 0 Å². The Morgan fingerprint density at radius 2 is 2.06 bits per heavy atom. The van der Waals surface area contributed by atoms with Crippen LogP contribution in [0.15, 0.2) is 16.7 Å². The van der Waals surface area contributed by atoms with Gasteiger partial charge in [-0.15, -0.1) is 0 Å². The average Bonchev–Trinajstić information content (AvgIpc) is 2.25. The van der Waals surface area contributed by atoms with E-state index in [0.29, 0.717) is 12.1 Å². The summed E-state index contributed by atoms with van der Waals surface area (Å²) >= 11 is 3.42. The second-order valence-corrected chi connectivity index (χ2v) is 5.49. The first-order chi connectivity index (χ1) is 7.65. The Labute approximate surface area is 105 Å². The molecule has 0 radical (unpaired) electrons. The van der Waals surface area contributed by atoms with Gasteiger partial charge in [-0.3, -0.25) is 0 Å². The van der Waals surface area contributed by atoms with Crippen molar-refractivity contribution in [3.05, 3.63) is 22.3 Å². The molecule has 0 aromatic carbocycles. The maximum absolute atomic E-state index is 5.89. The molecule has 88 valence electrons. The first-order valence-corrected chi connectivity index (χ1v) is 6.58. The lowest BCUT2D eigenvalue weighted by molar-refractivity contribution is 0.410. The number of hydrogen-bond acceptors (Lipinski definition) is 3. The van der Waals surface area contributed by atoms with Crippen LogP contribution in [0, 0.1) is 6.92 Å². The molecule has 0 bridgehead atoms. The number of aromatic nitrogens is 1.